The van der Waals surface area contributed by atoms with E-state index in [9.17, 15) is 25.0 Å². The van der Waals surface area contributed by atoms with E-state index in [1.54, 1.807) is 6.07 Å². The maximum atomic E-state index is 12.0. The molecule has 0 unspecified atom stereocenters. The monoisotopic (exact) mass is 453 g/mol. The van der Waals surface area contributed by atoms with E-state index in [4.69, 9.17) is 32.5 Å². The van der Waals surface area contributed by atoms with Crippen molar-refractivity contribution in [2.75, 3.05) is 6.61 Å². The maximum Gasteiger partial charge on any atom is 0.494 e. The molecular formula is C17H14BCl2N3O7. The van der Waals surface area contributed by atoms with Crippen molar-refractivity contribution in [1.82, 2.24) is 5.32 Å². The van der Waals surface area contributed by atoms with Crippen molar-refractivity contribution in [2.45, 2.75) is 17.0 Å². The van der Waals surface area contributed by atoms with Crippen molar-refractivity contribution in [3.05, 3.63) is 74.3 Å². The van der Waals surface area contributed by atoms with Crippen molar-refractivity contribution >= 4 is 53.1 Å². The molecule has 1 saturated heterocycles. The summed E-state index contributed by atoms with van der Waals surface area (Å²) in [5, 5.41) is 24.6. The zero-order valence-corrected chi connectivity index (χ0v) is 16.7. The van der Waals surface area contributed by atoms with Crippen molar-refractivity contribution in [3.63, 3.8) is 0 Å². The molecule has 10 nitrogen and oxygen atoms in total. The van der Waals surface area contributed by atoms with Crippen molar-refractivity contribution in [3.8, 4) is 0 Å². The fraction of sp³-hybridized carbons (Fsp3) is 0.235. The van der Waals surface area contributed by atoms with Gasteiger partial charge in [-0.2, -0.15) is 0 Å². The van der Waals surface area contributed by atoms with Crippen LogP contribution in [0.4, 0.5) is 11.4 Å². The van der Waals surface area contributed by atoms with Crippen LogP contribution >= 0.6 is 23.2 Å². The molecule has 13 heteroatoms. The van der Waals surface area contributed by atoms with Gasteiger partial charge in [0.15, 0.2) is 4.84 Å². The molecule has 156 valence electrons. The van der Waals surface area contributed by atoms with Crippen LogP contribution in [0.1, 0.15) is 11.7 Å². The molecule has 0 aliphatic carbocycles. The zero-order valence-electron chi connectivity index (χ0n) is 15.1. The van der Waals surface area contributed by atoms with E-state index < -0.39 is 39.9 Å². The topological polar surface area (TPSA) is 134 Å². The van der Waals surface area contributed by atoms with Crippen LogP contribution in [0.3, 0.4) is 0 Å². The van der Waals surface area contributed by atoms with Gasteiger partial charge in [0.05, 0.1) is 28.6 Å². The molecule has 2 aromatic rings. The first-order valence-electron chi connectivity index (χ1n) is 8.60. The first kappa shape index (κ1) is 22.0. The summed E-state index contributed by atoms with van der Waals surface area (Å²) >= 11 is 11.2. The summed E-state index contributed by atoms with van der Waals surface area (Å²) in [4.78, 5) is 31.5. The summed E-state index contributed by atoms with van der Waals surface area (Å²) in [6.45, 7) is -0.0126. The van der Waals surface area contributed by atoms with Gasteiger partial charge < -0.3 is 14.6 Å². The predicted molar refractivity (Wildman–Crippen MR) is 109 cm³/mol. The molecule has 0 saturated carbocycles. The molecule has 1 fully saturated rings. The Morgan fingerprint density at radius 3 is 2.37 bits per heavy atom. The quantitative estimate of drug-likeness (QED) is 0.307. The third-order valence-electron chi connectivity index (χ3n) is 4.37. The van der Waals surface area contributed by atoms with Gasteiger partial charge in [0.25, 0.3) is 17.3 Å². The number of nitro benzene ring substituents is 2. The first-order valence-corrected chi connectivity index (χ1v) is 9.48. The Morgan fingerprint density at radius 2 is 1.77 bits per heavy atom. The minimum absolute atomic E-state index is 0.0126. The Morgan fingerprint density at radius 1 is 1.10 bits per heavy atom. The number of benzene rings is 2. The van der Waals surface area contributed by atoms with E-state index in [0.29, 0.717) is 11.0 Å². The molecular weight excluding hydrogens is 440 g/mol. The van der Waals surface area contributed by atoms with E-state index in [-0.39, 0.29) is 18.0 Å². The summed E-state index contributed by atoms with van der Waals surface area (Å²) in [6.07, 6.45) is -0.778. The van der Waals surface area contributed by atoms with Gasteiger partial charge in [-0.1, -0.05) is 35.3 Å². The molecule has 30 heavy (non-hydrogen) atoms. The highest BCUT2D eigenvalue weighted by Crippen LogP contribution is 2.29. The van der Waals surface area contributed by atoms with Crippen LogP contribution in [0.5, 0.6) is 0 Å². The molecule has 0 spiro atoms. The van der Waals surface area contributed by atoms with Gasteiger partial charge in [0.2, 0.25) is 0 Å². The standard InChI is InChI=1S/C17H14BCl2N3O7/c19-16(20)17(24)21-14-9-29-18(11-2-1-3-13(8-11)23(27)28)30-15(14)10-4-6-12(7-5-10)22(25)26/h1-8,14-16H,9H2,(H,21,24)/t14-,15-/m1/s1. The smallest absolute Gasteiger partial charge is 0.405 e. The number of nitrogens with one attached hydrogen (secondary N) is 1. The Bertz CT molecular complexity index is 961. The van der Waals surface area contributed by atoms with Gasteiger partial charge in [-0.3, -0.25) is 25.0 Å². The number of alkyl halides is 2. The molecule has 1 heterocycles. The lowest BCUT2D eigenvalue weighted by atomic mass is 9.76. The lowest BCUT2D eigenvalue weighted by Crippen LogP contribution is -2.54. The zero-order chi connectivity index (χ0) is 21.8. The van der Waals surface area contributed by atoms with Gasteiger partial charge in [-0.25, -0.2) is 0 Å². The third kappa shape index (κ3) is 5.06. The highest BCUT2D eigenvalue weighted by molar-refractivity contribution is 6.61. The Balaban J connectivity index is 1.89. The summed E-state index contributed by atoms with van der Waals surface area (Å²) in [6, 6.07) is 10.7. The fourth-order valence-electron chi connectivity index (χ4n) is 2.97. The second kappa shape index (κ2) is 9.39. The van der Waals surface area contributed by atoms with Crippen LogP contribution < -0.4 is 10.8 Å². The predicted octanol–water partition coefficient (Wildman–Crippen LogP) is 2.27. The van der Waals surface area contributed by atoms with E-state index in [1.165, 1.54) is 42.5 Å². The molecule has 1 amide bonds. The van der Waals surface area contributed by atoms with Crippen LogP contribution in [0.15, 0.2) is 48.5 Å². The molecule has 0 radical (unpaired) electrons. The highest BCUT2D eigenvalue weighted by Gasteiger charge is 2.39. The molecule has 1 N–H and O–H groups in total. The second-order valence-corrected chi connectivity index (χ2v) is 7.43. The SMILES string of the molecule is O=C(N[C@@H]1COB(c2cccc([N+](=O)[O-])c2)O[C@@H]1c1ccc([N+](=O)[O-])cc1)C(Cl)Cl. The average Bonchev–Trinajstić information content (AvgIpc) is 2.74. The number of carbonyl (C=O) groups is 1. The number of non-ortho nitro benzene ring substituents is 2. The molecule has 0 bridgehead atoms. The Hall–Kier alpha value is -2.73. The van der Waals surface area contributed by atoms with Crippen molar-refractivity contribution < 1.29 is 23.9 Å². The molecule has 1 aliphatic rings. The van der Waals surface area contributed by atoms with Gasteiger partial charge in [0, 0.05) is 24.3 Å². The summed E-state index contributed by atoms with van der Waals surface area (Å²) in [5.41, 5.74) is 0.705. The number of hydrogen-bond acceptors (Lipinski definition) is 7. The fourth-order valence-corrected chi connectivity index (χ4v) is 3.09. The van der Waals surface area contributed by atoms with E-state index >= 15 is 0 Å². The lowest BCUT2D eigenvalue weighted by molar-refractivity contribution is -0.385. The van der Waals surface area contributed by atoms with Crippen molar-refractivity contribution in [1.29, 1.82) is 0 Å². The normalized spacial score (nSPS) is 18.8. The number of rotatable bonds is 6. The van der Waals surface area contributed by atoms with E-state index in [0.717, 1.165) is 0 Å². The highest BCUT2D eigenvalue weighted by atomic mass is 35.5. The van der Waals surface area contributed by atoms with Gasteiger partial charge in [0.1, 0.15) is 0 Å². The van der Waals surface area contributed by atoms with Crippen molar-refractivity contribution in [2.24, 2.45) is 0 Å². The first-order chi connectivity index (χ1) is 14.3. The minimum Gasteiger partial charge on any atom is -0.405 e. The Kier molecular flexibility index (Phi) is 6.88. The second-order valence-electron chi connectivity index (χ2n) is 6.34. The summed E-state index contributed by atoms with van der Waals surface area (Å²) in [5.74, 6) is -0.656. The number of nitrogens with zero attached hydrogens (tertiary/aromatic N) is 2. The van der Waals surface area contributed by atoms with E-state index in [1.807, 2.05) is 0 Å². The van der Waals surface area contributed by atoms with E-state index in [2.05, 4.69) is 5.32 Å². The largest absolute Gasteiger partial charge is 0.494 e. The van der Waals surface area contributed by atoms with Crippen LogP contribution in [0.25, 0.3) is 0 Å². The van der Waals surface area contributed by atoms with Crippen LogP contribution in [-0.2, 0) is 14.1 Å². The molecule has 3 rings (SSSR count). The number of hydrogen-bond donors (Lipinski definition) is 1. The number of halogens is 2. The number of nitro groups is 2. The van der Waals surface area contributed by atoms with Gasteiger partial charge in [-0.15, -0.1) is 0 Å². The lowest BCUT2D eigenvalue weighted by Gasteiger charge is -2.36. The van der Waals surface area contributed by atoms with Gasteiger partial charge in [-0.05, 0) is 23.2 Å². The third-order valence-corrected chi connectivity index (χ3v) is 4.77. The Labute approximate surface area is 180 Å². The summed E-state index contributed by atoms with van der Waals surface area (Å²) in [7, 11) is -0.957. The summed E-state index contributed by atoms with van der Waals surface area (Å²) < 4.78 is 11.6. The average molecular weight is 454 g/mol. The molecule has 2 aromatic carbocycles. The molecule has 1 aliphatic heterocycles. The minimum atomic E-state index is -1.31. The molecule has 0 aromatic heterocycles. The van der Waals surface area contributed by atoms with Crippen LogP contribution in [-0.4, -0.2) is 40.4 Å². The molecule has 2 atom stereocenters. The number of amides is 1. The maximum absolute atomic E-state index is 12.0. The van der Waals surface area contributed by atoms with Crippen LogP contribution in [0, 0.1) is 20.2 Å². The number of carbonyl (C=O) groups excluding carboxylic acids is 1. The van der Waals surface area contributed by atoms with Gasteiger partial charge >= 0.3 is 7.12 Å². The van der Waals surface area contributed by atoms with Crippen LogP contribution in [0.2, 0.25) is 0 Å².